The molecule has 1 heterocycles. The van der Waals surface area contributed by atoms with Gasteiger partial charge in [-0.15, -0.1) is 0 Å². The third kappa shape index (κ3) is 4.46. The Kier molecular flexibility index (Phi) is 6.42. The van der Waals surface area contributed by atoms with Gasteiger partial charge in [-0.05, 0) is 28.2 Å². The van der Waals surface area contributed by atoms with Crippen LogP contribution in [-0.4, -0.2) is 33.6 Å². The number of halogens is 1. The first kappa shape index (κ1) is 22.9. The minimum absolute atomic E-state index is 0.000641. The summed E-state index contributed by atoms with van der Waals surface area (Å²) in [4.78, 5) is 24.3. The molecule has 0 aliphatic heterocycles. The lowest BCUT2D eigenvalue weighted by Gasteiger charge is -2.20. The molecule has 0 fully saturated rings. The van der Waals surface area contributed by atoms with E-state index >= 15 is 0 Å². The van der Waals surface area contributed by atoms with Gasteiger partial charge in [0, 0.05) is 18.5 Å². The number of amides is 1. The van der Waals surface area contributed by atoms with E-state index in [-0.39, 0.29) is 24.9 Å². The van der Waals surface area contributed by atoms with Crippen LogP contribution < -0.4 is 5.32 Å². The van der Waals surface area contributed by atoms with Crippen molar-refractivity contribution in [3.05, 3.63) is 76.1 Å². The maximum atomic E-state index is 12.8. The SMILES string of the molecule is CC(C)c1nn(C)c(Cl)c1[C@@H](CC(=O)O)NC(=O)OCC1c2ccccc2-c2ccccc21. The molecule has 0 saturated carbocycles. The van der Waals surface area contributed by atoms with Gasteiger partial charge in [-0.25, -0.2) is 4.79 Å². The number of nitrogens with zero attached hydrogens (tertiary/aromatic N) is 2. The summed E-state index contributed by atoms with van der Waals surface area (Å²) >= 11 is 6.43. The van der Waals surface area contributed by atoms with Crippen molar-refractivity contribution < 1.29 is 19.4 Å². The molecular weight excluding hydrogens is 442 g/mol. The Labute approximate surface area is 197 Å². The molecule has 4 rings (SSSR count). The molecule has 0 spiro atoms. The van der Waals surface area contributed by atoms with Crippen LogP contribution in [0.3, 0.4) is 0 Å². The van der Waals surface area contributed by atoms with Crippen LogP contribution in [0.1, 0.15) is 60.5 Å². The van der Waals surface area contributed by atoms with Gasteiger partial charge < -0.3 is 15.2 Å². The smallest absolute Gasteiger partial charge is 0.407 e. The minimum Gasteiger partial charge on any atom is -0.481 e. The number of aromatic nitrogens is 2. The highest BCUT2D eigenvalue weighted by molar-refractivity contribution is 6.30. The van der Waals surface area contributed by atoms with E-state index in [2.05, 4.69) is 22.5 Å². The molecule has 1 atom stereocenters. The Morgan fingerprint density at radius 2 is 1.70 bits per heavy atom. The first-order chi connectivity index (χ1) is 15.8. The second-order valence-electron chi connectivity index (χ2n) is 8.49. The predicted molar refractivity (Wildman–Crippen MR) is 126 cm³/mol. The molecule has 1 aliphatic carbocycles. The first-order valence-electron chi connectivity index (χ1n) is 10.8. The number of nitrogens with one attached hydrogen (secondary N) is 1. The number of carbonyl (C=O) groups is 2. The van der Waals surface area contributed by atoms with Crippen molar-refractivity contribution in [1.82, 2.24) is 15.1 Å². The number of aryl methyl sites for hydroxylation is 1. The number of carboxylic acids is 1. The number of fused-ring (bicyclic) bond motifs is 3. The second kappa shape index (κ2) is 9.27. The second-order valence-corrected chi connectivity index (χ2v) is 8.85. The summed E-state index contributed by atoms with van der Waals surface area (Å²) in [5.41, 5.74) is 5.62. The van der Waals surface area contributed by atoms with Crippen LogP contribution in [0.25, 0.3) is 11.1 Å². The molecule has 1 aliphatic rings. The maximum Gasteiger partial charge on any atom is 0.407 e. The van der Waals surface area contributed by atoms with Crippen molar-refractivity contribution in [3.8, 4) is 11.1 Å². The van der Waals surface area contributed by atoms with E-state index in [9.17, 15) is 14.7 Å². The monoisotopic (exact) mass is 467 g/mol. The van der Waals surface area contributed by atoms with Crippen LogP contribution in [0.4, 0.5) is 4.79 Å². The topological polar surface area (TPSA) is 93.5 Å². The molecule has 8 heteroatoms. The normalized spacial score (nSPS) is 13.5. The van der Waals surface area contributed by atoms with Crippen molar-refractivity contribution >= 4 is 23.7 Å². The van der Waals surface area contributed by atoms with Crippen LogP contribution in [0.15, 0.2) is 48.5 Å². The molecule has 0 radical (unpaired) electrons. The molecule has 33 heavy (non-hydrogen) atoms. The van der Waals surface area contributed by atoms with Crippen LogP contribution in [0.2, 0.25) is 5.15 Å². The molecule has 7 nitrogen and oxygen atoms in total. The summed E-state index contributed by atoms with van der Waals surface area (Å²) < 4.78 is 7.09. The first-order valence-corrected chi connectivity index (χ1v) is 11.2. The molecule has 2 aromatic carbocycles. The largest absolute Gasteiger partial charge is 0.481 e. The van der Waals surface area contributed by atoms with Gasteiger partial charge in [-0.1, -0.05) is 74.0 Å². The summed E-state index contributed by atoms with van der Waals surface area (Å²) in [7, 11) is 1.68. The quantitative estimate of drug-likeness (QED) is 0.495. The lowest BCUT2D eigenvalue weighted by Crippen LogP contribution is -2.32. The van der Waals surface area contributed by atoms with Gasteiger partial charge in [0.2, 0.25) is 0 Å². The van der Waals surface area contributed by atoms with Gasteiger partial charge in [0.05, 0.1) is 18.2 Å². The number of hydrogen-bond donors (Lipinski definition) is 2. The minimum atomic E-state index is -1.06. The molecule has 0 bridgehead atoms. The molecule has 1 amide bonds. The van der Waals surface area contributed by atoms with Crippen LogP contribution in [-0.2, 0) is 16.6 Å². The Morgan fingerprint density at radius 1 is 1.12 bits per heavy atom. The van der Waals surface area contributed by atoms with Crippen molar-refractivity contribution in [2.24, 2.45) is 7.05 Å². The Balaban J connectivity index is 1.54. The van der Waals surface area contributed by atoms with Crippen LogP contribution in [0, 0.1) is 0 Å². The molecule has 172 valence electrons. The van der Waals surface area contributed by atoms with Gasteiger partial charge in [-0.3, -0.25) is 9.48 Å². The zero-order valence-corrected chi connectivity index (χ0v) is 19.5. The lowest BCUT2D eigenvalue weighted by atomic mass is 9.98. The van der Waals surface area contributed by atoms with E-state index in [4.69, 9.17) is 16.3 Å². The lowest BCUT2D eigenvalue weighted by molar-refractivity contribution is -0.137. The highest BCUT2D eigenvalue weighted by atomic mass is 35.5. The predicted octanol–water partition coefficient (Wildman–Crippen LogP) is 5.25. The number of ether oxygens (including phenoxy) is 1. The fourth-order valence-electron chi connectivity index (χ4n) is 4.47. The Hall–Kier alpha value is -3.32. The Morgan fingerprint density at radius 3 is 2.24 bits per heavy atom. The number of alkyl carbamates (subject to hydrolysis) is 1. The summed E-state index contributed by atoms with van der Waals surface area (Å²) in [6, 6.07) is 15.3. The van der Waals surface area contributed by atoms with E-state index in [1.807, 2.05) is 50.2 Å². The maximum absolute atomic E-state index is 12.8. The molecule has 2 N–H and O–H groups in total. The zero-order chi connectivity index (χ0) is 23.7. The van der Waals surface area contributed by atoms with Crippen molar-refractivity contribution in [3.63, 3.8) is 0 Å². The van der Waals surface area contributed by atoms with Gasteiger partial charge >= 0.3 is 12.1 Å². The fraction of sp³-hybridized carbons (Fsp3) is 0.320. The number of hydrogen-bond acceptors (Lipinski definition) is 4. The van der Waals surface area contributed by atoms with E-state index in [0.29, 0.717) is 16.4 Å². The highest BCUT2D eigenvalue weighted by Crippen LogP contribution is 2.44. The number of benzene rings is 2. The summed E-state index contributed by atoms with van der Waals surface area (Å²) in [6.45, 7) is 4.01. The van der Waals surface area contributed by atoms with Crippen LogP contribution >= 0.6 is 11.6 Å². The Bertz CT molecular complexity index is 1160. The van der Waals surface area contributed by atoms with Crippen molar-refractivity contribution in [1.29, 1.82) is 0 Å². The average Bonchev–Trinajstić information content (AvgIpc) is 3.26. The van der Waals surface area contributed by atoms with Gasteiger partial charge in [0.25, 0.3) is 0 Å². The van der Waals surface area contributed by atoms with Gasteiger partial charge in [-0.2, -0.15) is 5.10 Å². The summed E-state index contributed by atoms with van der Waals surface area (Å²) in [6.07, 6.45) is -1.03. The van der Waals surface area contributed by atoms with E-state index < -0.39 is 18.1 Å². The van der Waals surface area contributed by atoms with E-state index in [1.54, 1.807) is 7.05 Å². The number of rotatable bonds is 7. The number of carboxylic acid groups (broad SMARTS) is 1. The number of carbonyl (C=O) groups excluding carboxylic acids is 1. The van der Waals surface area contributed by atoms with E-state index in [0.717, 1.165) is 22.3 Å². The molecule has 3 aromatic rings. The van der Waals surface area contributed by atoms with Crippen molar-refractivity contribution in [2.45, 2.75) is 38.1 Å². The molecule has 0 unspecified atom stereocenters. The standard InChI is InChI=1S/C25H26ClN3O4/c1-14(2)23-22(24(26)29(3)28-23)20(12-21(30)31)27-25(32)33-13-19-17-10-6-4-8-15(17)16-9-5-7-11-18(16)19/h4-11,14,19-20H,12-13H2,1-3H3,(H,27,32)(H,30,31)/t20-/m1/s1. The fourth-order valence-corrected chi connectivity index (χ4v) is 4.74. The average molecular weight is 468 g/mol. The van der Waals surface area contributed by atoms with Gasteiger partial charge in [0.1, 0.15) is 11.8 Å². The third-order valence-corrected chi connectivity index (χ3v) is 6.40. The van der Waals surface area contributed by atoms with E-state index in [1.165, 1.54) is 4.68 Å². The number of aliphatic carboxylic acids is 1. The summed E-state index contributed by atoms with van der Waals surface area (Å²) in [5.74, 6) is -1.15. The van der Waals surface area contributed by atoms with Crippen LogP contribution in [0.5, 0.6) is 0 Å². The third-order valence-electron chi connectivity index (χ3n) is 5.95. The highest BCUT2D eigenvalue weighted by Gasteiger charge is 2.31. The molecular formula is C25H26ClN3O4. The van der Waals surface area contributed by atoms with Gasteiger partial charge in [0.15, 0.2) is 0 Å². The zero-order valence-electron chi connectivity index (χ0n) is 18.7. The molecule has 1 aromatic heterocycles. The van der Waals surface area contributed by atoms with Crippen molar-refractivity contribution in [2.75, 3.05) is 6.61 Å². The molecule has 0 saturated heterocycles. The summed E-state index contributed by atoms with van der Waals surface area (Å²) in [5, 5.41) is 16.8.